The molecule has 20 heavy (non-hydrogen) atoms. The standard InChI is InChI=1S/C15H21NO4/c1-2-12-7-8-13(20-12)14(17)16-9-10-3-5-11(6-4-10)15(18)19/h7-8,10-11H,2-6,9H2,1H3,(H,16,17)(H,18,19). The Kier molecular flexibility index (Phi) is 4.82. The molecule has 1 heterocycles. The van der Waals surface area contributed by atoms with Crippen LogP contribution in [0.25, 0.3) is 0 Å². The summed E-state index contributed by atoms with van der Waals surface area (Å²) in [5.41, 5.74) is 0. The number of nitrogens with one attached hydrogen (secondary N) is 1. The third-order valence-electron chi connectivity index (χ3n) is 3.98. The molecule has 5 nitrogen and oxygen atoms in total. The van der Waals surface area contributed by atoms with E-state index in [-0.39, 0.29) is 11.8 Å². The van der Waals surface area contributed by atoms with E-state index in [4.69, 9.17) is 9.52 Å². The lowest BCUT2D eigenvalue weighted by Crippen LogP contribution is -2.32. The van der Waals surface area contributed by atoms with Crippen molar-refractivity contribution in [1.29, 1.82) is 0 Å². The van der Waals surface area contributed by atoms with E-state index in [9.17, 15) is 9.59 Å². The van der Waals surface area contributed by atoms with E-state index < -0.39 is 5.97 Å². The number of rotatable bonds is 5. The molecule has 1 aliphatic carbocycles. The van der Waals surface area contributed by atoms with Crippen molar-refractivity contribution in [2.45, 2.75) is 39.0 Å². The molecule has 0 spiro atoms. The van der Waals surface area contributed by atoms with Crippen molar-refractivity contribution in [1.82, 2.24) is 5.32 Å². The Labute approximate surface area is 118 Å². The van der Waals surface area contributed by atoms with Crippen molar-refractivity contribution < 1.29 is 19.1 Å². The van der Waals surface area contributed by atoms with Crippen molar-refractivity contribution in [3.63, 3.8) is 0 Å². The molecule has 110 valence electrons. The van der Waals surface area contributed by atoms with E-state index in [1.807, 2.05) is 13.0 Å². The third-order valence-corrected chi connectivity index (χ3v) is 3.98. The Hall–Kier alpha value is -1.78. The van der Waals surface area contributed by atoms with Gasteiger partial charge in [0.25, 0.3) is 5.91 Å². The second-order valence-electron chi connectivity index (χ2n) is 5.39. The van der Waals surface area contributed by atoms with Gasteiger partial charge in [-0.2, -0.15) is 0 Å². The Morgan fingerprint density at radius 2 is 2.00 bits per heavy atom. The van der Waals surface area contributed by atoms with Gasteiger partial charge in [-0.25, -0.2) is 0 Å². The summed E-state index contributed by atoms with van der Waals surface area (Å²) in [5, 5.41) is 11.8. The SMILES string of the molecule is CCc1ccc(C(=O)NCC2CCC(C(=O)O)CC2)o1. The first-order valence-corrected chi connectivity index (χ1v) is 7.19. The van der Waals surface area contributed by atoms with Crippen LogP contribution >= 0.6 is 0 Å². The Morgan fingerprint density at radius 1 is 1.30 bits per heavy atom. The number of carboxylic acid groups (broad SMARTS) is 1. The van der Waals surface area contributed by atoms with Gasteiger partial charge in [-0.05, 0) is 43.7 Å². The van der Waals surface area contributed by atoms with Crippen LogP contribution in [0.2, 0.25) is 0 Å². The highest BCUT2D eigenvalue weighted by molar-refractivity contribution is 5.91. The zero-order valence-corrected chi connectivity index (χ0v) is 11.7. The summed E-state index contributed by atoms with van der Waals surface area (Å²) in [4.78, 5) is 22.8. The lowest BCUT2D eigenvalue weighted by molar-refractivity contribution is -0.143. The van der Waals surface area contributed by atoms with Gasteiger partial charge in [0.05, 0.1) is 5.92 Å². The molecule has 5 heteroatoms. The summed E-state index contributed by atoms with van der Waals surface area (Å²) in [6, 6.07) is 3.50. The van der Waals surface area contributed by atoms with Crippen molar-refractivity contribution >= 4 is 11.9 Å². The molecule has 2 N–H and O–H groups in total. The molecule has 0 bridgehead atoms. The maximum Gasteiger partial charge on any atom is 0.306 e. The minimum atomic E-state index is -0.699. The zero-order valence-electron chi connectivity index (χ0n) is 11.7. The van der Waals surface area contributed by atoms with Crippen LogP contribution < -0.4 is 5.32 Å². The molecule has 0 radical (unpaired) electrons. The minimum Gasteiger partial charge on any atom is -0.481 e. The number of aryl methyl sites for hydroxylation is 1. The highest BCUT2D eigenvalue weighted by Crippen LogP contribution is 2.28. The van der Waals surface area contributed by atoms with Crippen LogP contribution in [-0.2, 0) is 11.2 Å². The van der Waals surface area contributed by atoms with Gasteiger partial charge in [-0.15, -0.1) is 0 Å². The zero-order chi connectivity index (χ0) is 14.5. The molecule has 1 fully saturated rings. The molecule has 0 atom stereocenters. The molecular formula is C15H21NO4. The average molecular weight is 279 g/mol. The highest BCUT2D eigenvalue weighted by Gasteiger charge is 2.26. The second kappa shape index (κ2) is 6.59. The van der Waals surface area contributed by atoms with Gasteiger partial charge in [0.15, 0.2) is 5.76 Å². The van der Waals surface area contributed by atoms with Gasteiger partial charge in [0.2, 0.25) is 0 Å². The second-order valence-corrected chi connectivity index (χ2v) is 5.39. The topological polar surface area (TPSA) is 79.5 Å². The largest absolute Gasteiger partial charge is 0.481 e. The van der Waals surface area contributed by atoms with E-state index >= 15 is 0 Å². The first-order valence-electron chi connectivity index (χ1n) is 7.19. The average Bonchev–Trinajstić information content (AvgIpc) is 2.94. The van der Waals surface area contributed by atoms with Crippen LogP contribution in [0.5, 0.6) is 0 Å². The van der Waals surface area contributed by atoms with E-state index in [2.05, 4.69) is 5.32 Å². The summed E-state index contributed by atoms with van der Waals surface area (Å²) in [7, 11) is 0. The van der Waals surface area contributed by atoms with E-state index in [1.54, 1.807) is 6.07 Å². The molecule has 1 aromatic heterocycles. The highest BCUT2D eigenvalue weighted by atomic mass is 16.4. The maximum absolute atomic E-state index is 11.9. The smallest absolute Gasteiger partial charge is 0.306 e. The summed E-state index contributed by atoms with van der Waals surface area (Å²) < 4.78 is 5.39. The van der Waals surface area contributed by atoms with Crippen molar-refractivity contribution in [2.75, 3.05) is 6.54 Å². The monoisotopic (exact) mass is 279 g/mol. The van der Waals surface area contributed by atoms with Crippen LogP contribution in [0, 0.1) is 11.8 Å². The van der Waals surface area contributed by atoms with Crippen LogP contribution in [0.3, 0.4) is 0 Å². The van der Waals surface area contributed by atoms with Gasteiger partial charge in [0, 0.05) is 13.0 Å². The number of hydrogen-bond donors (Lipinski definition) is 2. The van der Waals surface area contributed by atoms with Gasteiger partial charge >= 0.3 is 5.97 Å². The summed E-state index contributed by atoms with van der Waals surface area (Å²) in [6.45, 7) is 2.56. The predicted molar refractivity (Wildman–Crippen MR) is 73.5 cm³/mol. The quantitative estimate of drug-likeness (QED) is 0.867. The Balaban J connectivity index is 1.75. The van der Waals surface area contributed by atoms with E-state index in [1.165, 1.54) is 0 Å². The number of carbonyl (C=O) groups is 2. The fourth-order valence-electron chi connectivity index (χ4n) is 2.63. The molecule has 0 aliphatic heterocycles. The molecular weight excluding hydrogens is 258 g/mol. The molecule has 1 aromatic rings. The first-order chi connectivity index (χ1) is 9.60. The molecule has 1 saturated carbocycles. The van der Waals surface area contributed by atoms with Crippen LogP contribution in [0.15, 0.2) is 16.5 Å². The number of aliphatic carboxylic acids is 1. The number of amides is 1. The van der Waals surface area contributed by atoms with Crippen LogP contribution in [-0.4, -0.2) is 23.5 Å². The van der Waals surface area contributed by atoms with Crippen LogP contribution in [0.1, 0.15) is 48.9 Å². The van der Waals surface area contributed by atoms with Crippen LogP contribution in [0.4, 0.5) is 0 Å². The lowest BCUT2D eigenvalue weighted by atomic mass is 9.82. The van der Waals surface area contributed by atoms with Gasteiger partial charge < -0.3 is 14.8 Å². The third kappa shape index (κ3) is 3.62. The predicted octanol–water partition coefficient (Wildman–Crippen LogP) is 2.46. The fraction of sp³-hybridized carbons (Fsp3) is 0.600. The first kappa shape index (κ1) is 14.6. The molecule has 0 unspecified atom stereocenters. The maximum atomic E-state index is 11.9. The molecule has 2 rings (SSSR count). The number of hydrogen-bond acceptors (Lipinski definition) is 3. The Morgan fingerprint density at radius 3 is 2.55 bits per heavy atom. The summed E-state index contributed by atoms with van der Waals surface area (Å²) in [6.07, 6.45) is 3.89. The van der Waals surface area contributed by atoms with Crippen molar-refractivity contribution in [2.24, 2.45) is 11.8 Å². The molecule has 1 aliphatic rings. The van der Waals surface area contributed by atoms with Gasteiger partial charge in [0.1, 0.15) is 5.76 Å². The summed E-state index contributed by atoms with van der Waals surface area (Å²) >= 11 is 0. The molecule has 0 saturated heterocycles. The van der Waals surface area contributed by atoms with E-state index in [0.29, 0.717) is 31.1 Å². The normalized spacial score (nSPS) is 22.4. The molecule has 0 aromatic carbocycles. The fourth-order valence-corrected chi connectivity index (χ4v) is 2.63. The molecule has 1 amide bonds. The Bertz CT molecular complexity index is 472. The number of carboxylic acids is 1. The summed E-state index contributed by atoms with van der Waals surface area (Å²) in [5.74, 6) is 0.424. The number of furan rings is 1. The lowest BCUT2D eigenvalue weighted by Gasteiger charge is -2.25. The van der Waals surface area contributed by atoms with E-state index in [0.717, 1.165) is 25.0 Å². The van der Waals surface area contributed by atoms with Gasteiger partial charge in [-0.1, -0.05) is 6.92 Å². The number of carbonyl (C=O) groups excluding carboxylic acids is 1. The minimum absolute atomic E-state index is 0.190. The van der Waals surface area contributed by atoms with Gasteiger partial charge in [-0.3, -0.25) is 9.59 Å². The van der Waals surface area contributed by atoms with Crippen molar-refractivity contribution in [3.8, 4) is 0 Å². The van der Waals surface area contributed by atoms with Crippen molar-refractivity contribution in [3.05, 3.63) is 23.7 Å².